The summed E-state index contributed by atoms with van der Waals surface area (Å²) in [5, 5.41) is 13.3. The van der Waals surface area contributed by atoms with Crippen molar-refractivity contribution in [3.8, 4) is 0 Å². The molecular formula is C15H24N4O. The number of fused-ring (bicyclic) bond motifs is 2. The molecule has 5 heteroatoms. The van der Waals surface area contributed by atoms with Gasteiger partial charge in [-0.25, -0.2) is 9.97 Å². The van der Waals surface area contributed by atoms with Crippen LogP contribution in [0.4, 0.5) is 11.6 Å². The van der Waals surface area contributed by atoms with Gasteiger partial charge in [0, 0.05) is 24.2 Å². The highest BCUT2D eigenvalue weighted by Crippen LogP contribution is 2.40. The summed E-state index contributed by atoms with van der Waals surface area (Å²) in [4.78, 5) is 11.3. The smallest absolute Gasteiger partial charge is 0.137 e. The first-order valence-corrected chi connectivity index (χ1v) is 7.72. The molecule has 0 radical (unpaired) electrons. The second-order valence-corrected chi connectivity index (χ2v) is 6.02. The van der Waals surface area contributed by atoms with Crippen molar-refractivity contribution in [3.05, 3.63) is 11.9 Å². The van der Waals surface area contributed by atoms with Crippen LogP contribution in [0.2, 0.25) is 0 Å². The predicted octanol–water partition coefficient (Wildman–Crippen LogP) is 2.10. The van der Waals surface area contributed by atoms with Gasteiger partial charge in [0.25, 0.3) is 0 Å². The summed E-state index contributed by atoms with van der Waals surface area (Å²) in [6.45, 7) is 5.18. The van der Waals surface area contributed by atoms with Gasteiger partial charge in [0.1, 0.15) is 18.0 Å². The Morgan fingerprint density at radius 1 is 1.30 bits per heavy atom. The number of hydrogen-bond acceptors (Lipinski definition) is 5. The number of anilines is 2. The fourth-order valence-corrected chi connectivity index (χ4v) is 3.62. The van der Waals surface area contributed by atoms with Gasteiger partial charge in [-0.1, -0.05) is 6.92 Å². The van der Waals surface area contributed by atoms with Gasteiger partial charge in [0.05, 0.1) is 6.10 Å². The van der Waals surface area contributed by atoms with Crippen molar-refractivity contribution in [3.63, 3.8) is 0 Å². The number of rotatable bonds is 4. The van der Waals surface area contributed by atoms with Crippen LogP contribution >= 0.6 is 0 Å². The lowest BCUT2D eigenvalue weighted by molar-refractivity contribution is 0.126. The van der Waals surface area contributed by atoms with E-state index in [1.54, 1.807) is 6.33 Å². The minimum absolute atomic E-state index is 0.136. The lowest BCUT2D eigenvalue weighted by atomic mass is 9.99. The van der Waals surface area contributed by atoms with E-state index in [2.05, 4.69) is 34.0 Å². The molecule has 3 heterocycles. The number of hydrogen-bond donors (Lipinski definition) is 2. The van der Waals surface area contributed by atoms with E-state index in [1.165, 1.54) is 12.8 Å². The van der Waals surface area contributed by atoms with E-state index in [1.807, 2.05) is 0 Å². The van der Waals surface area contributed by atoms with Crippen LogP contribution in [-0.4, -0.2) is 39.8 Å². The van der Waals surface area contributed by atoms with Crippen LogP contribution in [0.25, 0.3) is 0 Å². The monoisotopic (exact) mass is 276 g/mol. The molecule has 0 saturated carbocycles. The third-order valence-electron chi connectivity index (χ3n) is 4.55. The molecule has 0 aliphatic carbocycles. The van der Waals surface area contributed by atoms with Crippen molar-refractivity contribution >= 4 is 11.6 Å². The largest absolute Gasteiger partial charge is 0.393 e. The highest BCUT2D eigenvalue weighted by molar-refractivity contribution is 5.59. The fraction of sp³-hybridized carbons (Fsp3) is 0.733. The Morgan fingerprint density at radius 3 is 2.65 bits per heavy atom. The van der Waals surface area contributed by atoms with E-state index in [-0.39, 0.29) is 6.10 Å². The van der Waals surface area contributed by atoms with E-state index in [4.69, 9.17) is 0 Å². The molecule has 2 unspecified atom stereocenters. The van der Waals surface area contributed by atoms with Crippen molar-refractivity contribution in [2.75, 3.05) is 16.8 Å². The van der Waals surface area contributed by atoms with E-state index in [0.29, 0.717) is 12.1 Å². The first kappa shape index (κ1) is 13.6. The van der Waals surface area contributed by atoms with Gasteiger partial charge in [-0.3, -0.25) is 0 Å². The molecule has 20 heavy (non-hydrogen) atoms. The minimum Gasteiger partial charge on any atom is -0.393 e. The second-order valence-electron chi connectivity index (χ2n) is 6.02. The van der Waals surface area contributed by atoms with Crippen molar-refractivity contribution in [2.45, 2.75) is 64.1 Å². The predicted molar refractivity (Wildman–Crippen MR) is 80.1 cm³/mol. The molecule has 1 aromatic heterocycles. The Kier molecular flexibility index (Phi) is 3.78. The van der Waals surface area contributed by atoms with Crippen LogP contribution in [0.1, 0.15) is 44.6 Å². The number of piperidine rings is 1. The average molecular weight is 276 g/mol. The van der Waals surface area contributed by atoms with Crippen molar-refractivity contribution in [2.24, 2.45) is 0 Å². The summed E-state index contributed by atoms with van der Waals surface area (Å²) in [6, 6.07) is 0.882. The maximum atomic E-state index is 9.92. The molecule has 2 fully saturated rings. The van der Waals surface area contributed by atoms with Gasteiger partial charge < -0.3 is 15.3 Å². The van der Waals surface area contributed by atoms with Crippen molar-refractivity contribution in [1.29, 1.82) is 0 Å². The van der Waals surface area contributed by atoms with Gasteiger partial charge >= 0.3 is 0 Å². The van der Waals surface area contributed by atoms with E-state index in [9.17, 15) is 5.11 Å². The van der Waals surface area contributed by atoms with Crippen LogP contribution in [-0.2, 0) is 0 Å². The van der Waals surface area contributed by atoms with Gasteiger partial charge in [-0.2, -0.15) is 0 Å². The standard InChI is InChI=1S/C15H24N4O/c1-3-6-16-14-10(2)15(18-9-17-14)19-11-4-5-12(19)8-13(20)7-11/h9,11-13,20H,3-8H2,1-2H3,(H,16,17,18). The van der Waals surface area contributed by atoms with Gasteiger partial charge in [0.15, 0.2) is 0 Å². The average Bonchev–Trinajstić information content (AvgIpc) is 2.69. The summed E-state index contributed by atoms with van der Waals surface area (Å²) in [6.07, 6.45) is 6.69. The summed E-state index contributed by atoms with van der Waals surface area (Å²) < 4.78 is 0. The Bertz CT molecular complexity index is 465. The molecule has 5 nitrogen and oxygen atoms in total. The van der Waals surface area contributed by atoms with E-state index in [0.717, 1.165) is 43.0 Å². The quantitative estimate of drug-likeness (QED) is 0.882. The molecule has 0 aromatic carbocycles. The molecular weight excluding hydrogens is 252 g/mol. The zero-order valence-corrected chi connectivity index (χ0v) is 12.3. The van der Waals surface area contributed by atoms with Crippen LogP contribution < -0.4 is 10.2 Å². The molecule has 2 bridgehead atoms. The highest BCUT2D eigenvalue weighted by Gasteiger charge is 2.41. The zero-order chi connectivity index (χ0) is 14.1. The molecule has 2 atom stereocenters. The SMILES string of the molecule is CCCNc1ncnc(N2C3CCC2CC(O)C3)c1C. The topological polar surface area (TPSA) is 61.3 Å². The molecule has 0 amide bonds. The number of nitrogens with zero attached hydrogens (tertiary/aromatic N) is 3. The summed E-state index contributed by atoms with van der Waals surface area (Å²) in [5.74, 6) is 2.00. The molecule has 2 aliphatic rings. The maximum Gasteiger partial charge on any atom is 0.137 e. The summed E-state index contributed by atoms with van der Waals surface area (Å²) in [7, 11) is 0. The van der Waals surface area contributed by atoms with Crippen LogP contribution in [0, 0.1) is 6.92 Å². The first-order valence-electron chi connectivity index (χ1n) is 7.72. The lowest BCUT2D eigenvalue weighted by Gasteiger charge is -2.38. The first-order chi connectivity index (χ1) is 9.70. The molecule has 2 saturated heterocycles. The van der Waals surface area contributed by atoms with E-state index < -0.39 is 0 Å². The Labute approximate surface area is 120 Å². The molecule has 110 valence electrons. The number of aliphatic hydroxyl groups is 1. The fourth-order valence-electron chi connectivity index (χ4n) is 3.62. The Hall–Kier alpha value is -1.36. The number of nitrogens with one attached hydrogen (secondary N) is 1. The molecule has 1 aromatic rings. The third-order valence-corrected chi connectivity index (χ3v) is 4.55. The lowest BCUT2D eigenvalue weighted by Crippen LogP contribution is -2.45. The third kappa shape index (κ3) is 2.35. The summed E-state index contributed by atoms with van der Waals surface area (Å²) in [5.41, 5.74) is 1.13. The second kappa shape index (κ2) is 5.56. The van der Waals surface area contributed by atoms with Crippen LogP contribution in [0.15, 0.2) is 6.33 Å². The number of aromatic nitrogens is 2. The van der Waals surface area contributed by atoms with Crippen LogP contribution in [0.3, 0.4) is 0 Å². The Balaban J connectivity index is 1.87. The minimum atomic E-state index is -0.136. The van der Waals surface area contributed by atoms with Crippen molar-refractivity contribution < 1.29 is 5.11 Å². The number of aliphatic hydroxyl groups excluding tert-OH is 1. The molecule has 2 aliphatic heterocycles. The maximum absolute atomic E-state index is 9.92. The summed E-state index contributed by atoms with van der Waals surface area (Å²) >= 11 is 0. The van der Waals surface area contributed by atoms with E-state index >= 15 is 0 Å². The zero-order valence-electron chi connectivity index (χ0n) is 12.3. The normalized spacial score (nSPS) is 28.8. The van der Waals surface area contributed by atoms with Gasteiger partial charge in [-0.15, -0.1) is 0 Å². The highest BCUT2D eigenvalue weighted by atomic mass is 16.3. The molecule has 2 N–H and O–H groups in total. The molecule has 3 rings (SSSR count). The van der Waals surface area contributed by atoms with Crippen LogP contribution in [0.5, 0.6) is 0 Å². The molecule has 0 spiro atoms. The Morgan fingerprint density at radius 2 is 2.00 bits per heavy atom. The van der Waals surface area contributed by atoms with Crippen molar-refractivity contribution in [1.82, 2.24) is 9.97 Å². The van der Waals surface area contributed by atoms with Gasteiger partial charge in [0.2, 0.25) is 0 Å². The van der Waals surface area contributed by atoms with Gasteiger partial charge in [-0.05, 0) is 39.0 Å².